The van der Waals surface area contributed by atoms with Crippen molar-refractivity contribution in [3.8, 4) is 0 Å². The van der Waals surface area contributed by atoms with Crippen LogP contribution in [-0.4, -0.2) is 29.1 Å². The van der Waals surface area contributed by atoms with Gasteiger partial charge in [0, 0.05) is 12.6 Å². The van der Waals surface area contributed by atoms with Crippen molar-refractivity contribution in [3.05, 3.63) is 35.4 Å². The van der Waals surface area contributed by atoms with E-state index in [1.165, 1.54) is 11.1 Å². The third kappa shape index (κ3) is 4.49. The number of carboxylic acids is 1. The van der Waals surface area contributed by atoms with E-state index in [9.17, 15) is 4.79 Å². The summed E-state index contributed by atoms with van der Waals surface area (Å²) in [6.45, 7) is 9.22. The zero-order chi connectivity index (χ0) is 13.7. The van der Waals surface area contributed by atoms with Crippen molar-refractivity contribution < 1.29 is 9.90 Å². The van der Waals surface area contributed by atoms with Crippen LogP contribution >= 0.6 is 0 Å². The van der Waals surface area contributed by atoms with Crippen LogP contribution in [0.15, 0.2) is 24.3 Å². The van der Waals surface area contributed by atoms with Crippen LogP contribution in [0.25, 0.3) is 0 Å². The van der Waals surface area contributed by atoms with Gasteiger partial charge in [-0.15, -0.1) is 0 Å². The predicted octanol–water partition coefficient (Wildman–Crippen LogP) is 3.10. The van der Waals surface area contributed by atoms with E-state index in [4.69, 9.17) is 5.11 Å². The number of hydrogen-bond acceptors (Lipinski definition) is 2. The Kier molecular flexibility index (Phi) is 5.35. The first kappa shape index (κ1) is 14.7. The lowest BCUT2D eigenvalue weighted by Gasteiger charge is -2.29. The highest BCUT2D eigenvalue weighted by Gasteiger charge is 2.19. The highest BCUT2D eigenvalue weighted by atomic mass is 16.4. The van der Waals surface area contributed by atoms with Crippen LogP contribution in [-0.2, 0) is 4.79 Å². The summed E-state index contributed by atoms with van der Waals surface area (Å²) < 4.78 is 0. The molecule has 100 valence electrons. The fourth-order valence-corrected chi connectivity index (χ4v) is 2.06. The first-order valence-corrected chi connectivity index (χ1v) is 6.42. The number of benzene rings is 1. The second kappa shape index (κ2) is 6.55. The van der Waals surface area contributed by atoms with Crippen LogP contribution in [0.3, 0.4) is 0 Å². The third-order valence-electron chi connectivity index (χ3n) is 3.05. The Hall–Kier alpha value is -1.35. The SMILES string of the molecule is Cc1ccc(C(C)N(CC(=O)O)CC(C)C)cc1. The minimum atomic E-state index is -0.769. The Bertz CT molecular complexity index is 384. The van der Waals surface area contributed by atoms with Crippen molar-refractivity contribution in [2.75, 3.05) is 13.1 Å². The second-order valence-corrected chi connectivity index (χ2v) is 5.30. The van der Waals surface area contributed by atoms with E-state index in [1.54, 1.807) is 0 Å². The molecule has 0 aromatic heterocycles. The van der Waals surface area contributed by atoms with Gasteiger partial charge >= 0.3 is 5.97 Å². The molecule has 0 aliphatic rings. The summed E-state index contributed by atoms with van der Waals surface area (Å²) in [5.74, 6) is -0.313. The molecule has 3 nitrogen and oxygen atoms in total. The van der Waals surface area contributed by atoms with Crippen LogP contribution in [0.1, 0.15) is 37.9 Å². The van der Waals surface area contributed by atoms with Crippen molar-refractivity contribution in [2.24, 2.45) is 5.92 Å². The average molecular weight is 249 g/mol. The van der Waals surface area contributed by atoms with Gasteiger partial charge < -0.3 is 5.11 Å². The molecule has 3 heteroatoms. The molecule has 1 unspecified atom stereocenters. The minimum Gasteiger partial charge on any atom is -0.480 e. The molecule has 1 aromatic rings. The molecule has 18 heavy (non-hydrogen) atoms. The summed E-state index contributed by atoms with van der Waals surface area (Å²) in [5, 5.41) is 9.00. The van der Waals surface area contributed by atoms with Gasteiger partial charge in [-0.2, -0.15) is 0 Å². The van der Waals surface area contributed by atoms with Gasteiger partial charge in [-0.3, -0.25) is 9.69 Å². The van der Waals surface area contributed by atoms with E-state index in [0.29, 0.717) is 5.92 Å². The number of rotatable bonds is 6. The summed E-state index contributed by atoms with van der Waals surface area (Å²) in [4.78, 5) is 13.0. The lowest BCUT2D eigenvalue weighted by atomic mass is 10.0. The van der Waals surface area contributed by atoms with Crippen LogP contribution in [0.5, 0.6) is 0 Å². The molecule has 0 amide bonds. The van der Waals surface area contributed by atoms with Gasteiger partial charge in [-0.1, -0.05) is 43.7 Å². The topological polar surface area (TPSA) is 40.5 Å². The van der Waals surface area contributed by atoms with E-state index in [-0.39, 0.29) is 12.6 Å². The van der Waals surface area contributed by atoms with Crippen LogP contribution in [0.2, 0.25) is 0 Å². The van der Waals surface area contributed by atoms with Crippen molar-refractivity contribution >= 4 is 5.97 Å². The molecular weight excluding hydrogens is 226 g/mol. The highest BCUT2D eigenvalue weighted by molar-refractivity contribution is 5.69. The number of nitrogens with zero attached hydrogens (tertiary/aromatic N) is 1. The molecule has 1 aromatic carbocycles. The Morgan fingerprint density at radius 2 is 1.78 bits per heavy atom. The fourth-order valence-electron chi connectivity index (χ4n) is 2.06. The van der Waals surface area contributed by atoms with Gasteiger partial charge in [0.2, 0.25) is 0 Å². The van der Waals surface area contributed by atoms with Gasteiger partial charge in [0.25, 0.3) is 0 Å². The summed E-state index contributed by atoms with van der Waals surface area (Å²) in [7, 11) is 0. The Labute approximate surface area is 109 Å². The molecule has 0 heterocycles. The van der Waals surface area contributed by atoms with Crippen LogP contribution < -0.4 is 0 Å². The van der Waals surface area contributed by atoms with E-state index < -0.39 is 5.97 Å². The van der Waals surface area contributed by atoms with Crippen LogP contribution in [0, 0.1) is 12.8 Å². The molecule has 1 atom stereocenters. The monoisotopic (exact) mass is 249 g/mol. The number of aliphatic carboxylic acids is 1. The lowest BCUT2D eigenvalue weighted by molar-refractivity contribution is -0.139. The Morgan fingerprint density at radius 1 is 1.22 bits per heavy atom. The number of carboxylic acid groups (broad SMARTS) is 1. The van der Waals surface area contributed by atoms with E-state index in [1.807, 2.05) is 4.90 Å². The first-order chi connectivity index (χ1) is 8.40. The quantitative estimate of drug-likeness (QED) is 0.842. The smallest absolute Gasteiger partial charge is 0.317 e. The molecule has 0 bridgehead atoms. The normalized spacial score (nSPS) is 13.0. The molecule has 0 aliphatic heterocycles. The Balaban J connectivity index is 2.83. The van der Waals surface area contributed by atoms with E-state index in [0.717, 1.165) is 6.54 Å². The minimum absolute atomic E-state index is 0.0905. The maximum Gasteiger partial charge on any atom is 0.317 e. The summed E-state index contributed by atoms with van der Waals surface area (Å²) >= 11 is 0. The van der Waals surface area contributed by atoms with Gasteiger partial charge in [0.15, 0.2) is 0 Å². The summed E-state index contributed by atoms with van der Waals surface area (Å²) in [6, 6.07) is 8.43. The lowest BCUT2D eigenvalue weighted by Crippen LogP contribution is -2.35. The molecule has 0 aliphatic carbocycles. The predicted molar refractivity (Wildman–Crippen MR) is 73.6 cm³/mol. The summed E-state index contributed by atoms with van der Waals surface area (Å²) in [6.07, 6.45) is 0. The Morgan fingerprint density at radius 3 is 2.22 bits per heavy atom. The largest absolute Gasteiger partial charge is 0.480 e. The van der Waals surface area contributed by atoms with Gasteiger partial charge in [-0.05, 0) is 25.3 Å². The van der Waals surface area contributed by atoms with Crippen molar-refractivity contribution in [2.45, 2.75) is 33.7 Å². The number of carbonyl (C=O) groups is 1. The van der Waals surface area contributed by atoms with Crippen molar-refractivity contribution in [1.29, 1.82) is 0 Å². The maximum atomic E-state index is 10.9. The average Bonchev–Trinajstić information content (AvgIpc) is 2.27. The second-order valence-electron chi connectivity index (χ2n) is 5.30. The van der Waals surface area contributed by atoms with Crippen molar-refractivity contribution in [1.82, 2.24) is 4.90 Å². The van der Waals surface area contributed by atoms with Gasteiger partial charge in [0.05, 0.1) is 6.54 Å². The molecule has 1 rings (SSSR count). The van der Waals surface area contributed by atoms with E-state index >= 15 is 0 Å². The molecule has 0 saturated carbocycles. The first-order valence-electron chi connectivity index (χ1n) is 6.42. The molecule has 0 spiro atoms. The standard InChI is InChI=1S/C15H23NO2/c1-11(2)9-16(10-15(17)18)13(4)14-7-5-12(3)6-8-14/h5-8,11,13H,9-10H2,1-4H3,(H,17,18). The van der Waals surface area contributed by atoms with E-state index in [2.05, 4.69) is 52.0 Å². The fraction of sp³-hybridized carbons (Fsp3) is 0.533. The maximum absolute atomic E-state index is 10.9. The molecule has 0 fully saturated rings. The van der Waals surface area contributed by atoms with Crippen molar-refractivity contribution in [3.63, 3.8) is 0 Å². The zero-order valence-electron chi connectivity index (χ0n) is 11.7. The zero-order valence-corrected chi connectivity index (χ0v) is 11.7. The molecule has 0 radical (unpaired) electrons. The third-order valence-corrected chi connectivity index (χ3v) is 3.05. The molecule has 1 N–H and O–H groups in total. The molecule has 0 saturated heterocycles. The molecular formula is C15H23NO2. The summed E-state index contributed by atoms with van der Waals surface area (Å²) in [5.41, 5.74) is 2.39. The number of aryl methyl sites for hydroxylation is 1. The van der Waals surface area contributed by atoms with Crippen LogP contribution in [0.4, 0.5) is 0 Å². The van der Waals surface area contributed by atoms with Gasteiger partial charge in [0.1, 0.15) is 0 Å². The van der Waals surface area contributed by atoms with Gasteiger partial charge in [-0.25, -0.2) is 0 Å². The highest BCUT2D eigenvalue weighted by Crippen LogP contribution is 2.21. The number of hydrogen-bond donors (Lipinski definition) is 1.